The van der Waals surface area contributed by atoms with Gasteiger partial charge in [-0.1, -0.05) is 30.7 Å². The van der Waals surface area contributed by atoms with Gasteiger partial charge in [-0.25, -0.2) is 14.4 Å². The van der Waals surface area contributed by atoms with E-state index >= 15 is 0 Å². The first-order chi connectivity index (χ1) is 20.5. The summed E-state index contributed by atoms with van der Waals surface area (Å²) in [5, 5.41) is 11.4. The quantitative estimate of drug-likeness (QED) is 0.262. The Morgan fingerprint density at radius 1 is 1.24 bits per heavy atom. The van der Waals surface area contributed by atoms with Crippen LogP contribution in [0.5, 0.6) is 0 Å². The number of hydrogen-bond donors (Lipinski definition) is 1. The number of benzene rings is 2. The second-order valence-corrected chi connectivity index (χ2v) is 11.8. The summed E-state index contributed by atoms with van der Waals surface area (Å²) < 4.78 is 23.2. The minimum absolute atomic E-state index is 0.197. The molecule has 12 heteroatoms. The highest BCUT2D eigenvalue weighted by molar-refractivity contribution is 7.13. The maximum Gasteiger partial charge on any atom is 0.257 e. The van der Waals surface area contributed by atoms with E-state index < -0.39 is 12.2 Å². The largest absolute Gasteiger partial charge is 0.378 e. The number of thiazole rings is 1. The standard InChI is InChI=1S/C30H29ClFN7O2S/c1-2-21-22(18-3-5-20(6-4-18)37-8-10-41-11-9-37)14-24(31)23-16-39(36-26(21)23)28(29(40)35-30-33-7-12-42-30)27-25-13-19(32)15-38(25)17-34-27/h3-7,12,14,16-17,19,28H,2,8-11,13,15H2,1H3,(H,33,35,40). The normalized spacial score (nSPS) is 17.5. The molecule has 1 N–H and O–H groups in total. The molecule has 9 nitrogen and oxygen atoms in total. The highest BCUT2D eigenvalue weighted by Crippen LogP contribution is 2.38. The molecule has 0 saturated carbocycles. The zero-order valence-corrected chi connectivity index (χ0v) is 24.5. The molecule has 42 heavy (non-hydrogen) atoms. The molecule has 0 aliphatic carbocycles. The van der Waals surface area contributed by atoms with Gasteiger partial charge in [0.05, 0.1) is 42.3 Å². The summed E-state index contributed by atoms with van der Waals surface area (Å²) in [5.74, 6) is -0.352. The third-order valence-electron chi connectivity index (χ3n) is 8.00. The van der Waals surface area contributed by atoms with E-state index in [0.29, 0.717) is 28.0 Å². The highest BCUT2D eigenvalue weighted by atomic mass is 35.5. The number of anilines is 2. The van der Waals surface area contributed by atoms with Crippen molar-refractivity contribution in [3.05, 3.63) is 76.4 Å². The fourth-order valence-electron chi connectivity index (χ4n) is 5.98. The van der Waals surface area contributed by atoms with Gasteiger partial charge in [-0.05, 0) is 41.3 Å². The average Bonchev–Trinajstić information content (AvgIpc) is 3.81. The van der Waals surface area contributed by atoms with Gasteiger partial charge < -0.3 is 14.2 Å². The van der Waals surface area contributed by atoms with Gasteiger partial charge in [0.2, 0.25) is 0 Å². The predicted octanol–water partition coefficient (Wildman–Crippen LogP) is 5.53. The minimum Gasteiger partial charge on any atom is -0.378 e. The van der Waals surface area contributed by atoms with Gasteiger partial charge in [0.1, 0.15) is 6.17 Å². The lowest BCUT2D eigenvalue weighted by molar-refractivity contribution is -0.118. The molecule has 7 rings (SSSR count). The molecular formula is C30H29ClFN7O2S. The summed E-state index contributed by atoms with van der Waals surface area (Å²) >= 11 is 8.21. The van der Waals surface area contributed by atoms with E-state index in [1.807, 2.05) is 6.07 Å². The summed E-state index contributed by atoms with van der Waals surface area (Å²) in [6.45, 7) is 5.52. The number of halogens is 2. The van der Waals surface area contributed by atoms with Crippen molar-refractivity contribution in [2.24, 2.45) is 0 Å². The number of nitrogens with one attached hydrogen (secondary N) is 1. The fourth-order valence-corrected chi connectivity index (χ4v) is 6.76. The average molecular weight is 606 g/mol. The molecule has 0 radical (unpaired) electrons. The summed E-state index contributed by atoms with van der Waals surface area (Å²) in [5.41, 5.74) is 6.14. The summed E-state index contributed by atoms with van der Waals surface area (Å²) in [6, 6.07) is 9.54. The molecule has 1 amide bonds. The number of imidazole rings is 1. The molecule has 1 fully saturated rings. The van der Waals surface area contributed by atoms with Crippen LogP contribution in [0.15, 0.2) is 54.4 Å². The molecule has 1 saturated heterocycles. The van der Waals surface area contributed by atoms with Crippen LogP contribution in [-0.4, -0.2) is 62.7 Å². The maximum absolute atomic E-state index is 14.4. The van der Waals surface area contributed by atoms with Gasteiger partial charge >= 0.3 is 0 Å². The third-order valence-corrected chi connectivity index (χ3v) is 9.00. The maximum atomic E-state index is 14.4. The van der Waals surface area contributed by atoms with Crippen molar-refractivity contribution < 1.29 is 13.9 Å². The molecule has 0 bridgehead atoms. The topological polar surface area (TPSA) is 90.1 Å². The molecule has 2 aromatic carbocycles. The first kappa shape index (κ1) is 27.1. The molecule has 2 unspecified atom stereocenters. The number of fused-ring (bicyclic) bond motifs is 2. The lowest BCUT2D eigenvalue weighted by Gasteiger charge is -2.29. The van der Waals surface area contributed by atoms with Crippen molar-refractivity contribution in [3.8, 4) is 11.1 Å². The van der Waals surface area contributed by atoms with Crippen LogP contribution in [0.3, 0.4) is 0 Å². The Labute approximate surface area is 250 Å². The second kappa shape index (κ2) is 11.1. The number of alkyl halides is 1. The van der Waals surface area contributed by atoms with Gasteiger partial charge in [0.25, 0.3) is 5.91 Å². The van der Waals surface area contributed by atoms with Crippen molar-refractivity contribution in [2.45, 2.75) is 38.5 Å². The zero-order valence-electron chi connectivity index (χ0n) is 23.0. The predicted molar refractivity (Wildman–Crippen MR) is 162 cm³/mol. The smallest absolute Gasteiger partial charge is 0.257 e. The Kier molecular flexibility index (Phi) is 7.17. The van der Waals surface area contributed by atoms with Crippen molar-refractivity contribution >= 4 is 50.6 Å². The number of carbonyl (C=O) groups excluding carboxylic acids is 1. The number of rotatable bonds is 7. The third kappa shape index (κ3) is 4.85. The lowest BCUT2D eigenvalue weighted by Crippen LogP contribution is -2.36. The van der Waals surface area contributed by atoms with E-state index in [0.717, 1.165) is 59.6 Å². The van der Waals surface area contributed by atoms with E-state index in [9.17, 15) is 9.18 Å². The number of ether oxygens (including phenoxy) is 1. The molecular weight excluding hydrogens is 577 g/mol. The van der Waals surface area contributed by atoms with Crippen molar-refractivity contribution in [3.63, 3.8) is 0 Å². The molecule has 2 aliphatic heterocycles. The van der Waals surface area contributed by atoms with Gasteiger partial charge in [0.15, 0.2) is 11.2 Å². The lowest BCUT2D eigenvalue weighted by atomic mass is 9.95. The Hall–Kier alpha value is -3.80. The van der Waals surface area contributed by atoms with Crippen LogP contribution >= 0.6 is 22.9 Å². The van der Waals surface area contributed by atoms with E-state index in [-0.39, 0.29) is 18.9 Å². The van der Waals surface area contributed by atoms with E-state index in [1.165, 1.54) is 11.3 Å². The van der Waals surface area contributed by atoms with E-state index in [1.54, 1.807) is 33.3 Å². The van der Waals surface area contributed by atoms with Gasteiger partial charge in [-0.2, -0.15) is 5.10 Å². The molecule has 3 aromatic heterocycles. The molecule has 5 aromatic rings. The highest BCUT2D eigenvalue weighted by Gasteiger charge is 2.34. The molecule has 216 valence electrons. The second-order valence-electron chi connectivity index (χ2n) is 10.5. The van der Waals surface area contributed by atoms with Crippen LogP contribution in [0, 0.1) is 0 Å². The Balaban J connectivity index is 1.30. The number of aryl methyl sites for hydroxylation is 1. The minimum atomic E-state index is -1.01. The van der Waals surface area contributed by atoms with Crippen LogP contribution in [0.4, 0.5) is 15.2 Å². The van der Waals surface area contributed by atoms with Crippen LogP contribution < -0.4 is 10.2 Å². The SMILES string of the molecule is CCc1c(-c2ccc(N3CCOCC3)cc2)cc(Cl)c2cn(C(C(=O)Nc3nccs3)c3ncn4c3CC(F)C4)nc12. The number of aromatic nitrogens is 5. The number of amides is 1. The Morgan fingerprint density at radius 2 is 2.05 bits per heavy atom. The molecule has 2 aliphatic rings. The molecule has 2 atom stereocenters. The van der Waals surface area contributed by atoms with Crippen LogP contribution in [0.25, 0.3) is 22.0 Å². The molecule has 5 heterocycles. The van der Waals surface area contributed by atoms with Crippen molar-refractivity contribution in [1.29, 1.82) is 0 Å². The number of hydrogen-bond acceptors (Lipinski definition) is 7. The zero-order chi connectivity index (χ0) is 28.8. The first-order valence-electron chi connectivity index (χ1n) is 14.0. The van der Waals surface area contributed by atoms with Crippen LogP contribution in [0.2, 0.25) is 5.02 Å². The van der Waals surface area contributed by atoms with Crippen molar-refractivity contribution in [1.82, 2.24) is 24.3 Å². The van der Waals surface area contributed by atoms with Crippen LogP contribution in [-0.2, 0) is 28.9 Å². The Bertz CT molecular complexity index is 1750. The van der Waals surface area contributed by atoms with Gasteiger partial charge in [-0.15, -0.1) is 11.3 Å². The molecule has 0 spiro atoms. The van der Waals surface area contributed by atoms with E-state index in [2.05, 4.69) is 51.4 Å². The number of carbonyl (C=O) groups is 1. The van der Waals surface area contributed by atoms with Gasteiger partial charge in [0, 0.05) is 54.1 Å². The van der Waals surface area contributed by atoms with E-state index in [4.69, 9.17) is 21.4 Å². The monoisotopic (exact) mass is 605 g/mol. The first-order valence-corrected chi connectivity index (χ1v) is 15.3. The summed E-state index contributed by atoms with van der Waals surface area (Å²) in [6.07, 6.45) is 4.91. The fraction of sp³-hybridized carbons (Fsp3) is 0.333. The number of nitrogens with zero attached hydrogens (tertiary/aromatic N) is 6. The van der Waals surface area contributed by atoms with Gasteiger partial charge in [-0.3, -0.25) is 14.8 Å². The summed E-state index contributed by atoms with van der Waals surface area (Å²) in [7, 11) is 0. The summed E-state index contributed by atoms with van der Waals surface area (Å²) in [4.78, 5) is 24.8. The Morgan fingerprint density at radius 3 is 2.79 bits per heavy atom. The van der Waals surface area contributed by atoms with Crippen molar-refractivity contribution in [2.75, 3.05) is 36.5 Å². The number of morpholine rings is 1. The van der Waals surface area contributed by atoms with Crippen LogP contribution in [0.1, 0.15) is 29.9 Å².